The van der Waals surface area contributed by atoms with Crippen LogP contribution in [0.2, 0.25) is 0 Å². The van der Waals surface area contributed by atoms with Crippen molar-refractivity contribution < 1.29 is 9.53 Å². The molecule has 88 valence electrons. The van der Waals surface area contributed by atoms with E-state index in [-0.39, 0.29) is 11.6 Å². The van der Waals surface area contributed by atoms with Crippen LogP contribution in [0.1, 0.15) is 27.2 Å². The topological polar surface area (TPSA) is 29.5 Å². The molecule has 0 bridgehead atoms. The second-order valence-corrected chi connectivity index (χ2v) is 6.05. The number of carbonyl (C=O) groups excluding carboxylic acids is 1. The summed E-state index contributed by atoms with van der Waals surface area (Å²) < 4.78 is 5.29. The summed E-state index contributed by atoms with van der Waals surface area (Å²) in [6.45, 7) is 8.18. The second kappa shape index (κ2) is 5.75. The fourth-order valence-electron chi connectivity index (χ4n) is 1.51. The predicted octanol–water partition coefficient (Wildman–Crippen LogP) is 1.77. The van der Waals surface area contributed by atoms with E-state index in [9.17, 15) is 4.79 Å². The zero-order valence-electron chi connectivity index (χ0n) is 9.91. The summed E-state index contributed by atoms with van der Waals surface area (Å²) in [6.07, 6.45) is 1.17. The summed E-state index contributed by atoms with van der Waals surface area (Å²) in [6, 6.07) is 0. The number of thioether (sulfide) groups is 1. The van der Waals surface area contributed by atoms with Crippen molar-refractivity contribution in [1.29, 1.82) is 0 Å². The number of hydrogen-bond acceptors (Lipinski definition) is 4. The van der Waals surface area contributed by atoms with Gasteiger partial charge in [-0.25, -0.2) is 0 Å². The molecule has 1 fully saturated rings. The monoisotopic (exact) mass is 231 g/mol. The Morgan fingerprint density at radius 3 is 2.73 bits per heavy atom. The number of rotatable bonds is 2. The molecule has 0 unspecified atom stereocenters. The molecule has 0 amide bonds. The lowest BCUT2D eigenvalue weighted by molar-refractivity contribution is -0.156. The number of esters is 1. The van der Waals surface area contributed by atoms with Gasteiger partial charge in [-0.3, -0.25) is 9.69 Å². The van der Waals surface area contributed by atoms with Crippen molar-refractivity contribution in [3.8, 4) is 0 Å². The van der Waals surface area contributed by atoms with Crippen molar-refractivity contribution in [1.82, 2.24) is 4.90 Å². The van der Waals surface area contributed by atoms with Crippen LogP contribution in [0.25, 0.3) is 0 Å². The van der Waals surface area contributed by atoms with E-state index in [0.29, 0.717) is 6.54 Å². The van der Waals surface area contributed by atoms with Gasteiger partial charge in [0, 0.05) is 12.3 Å². The Kier molecular flexibility index (Phi) is 4.93. The highest BCUT2D eigenvalue weighted by Gasteiger charge is 2.19. The van der Waals surface area contributed by atoms with Crippen LogP contribution < -0.4 is 0 Å². The van der Waals surface area contributed by atoms with E-state index in [1.807, 2.05) is 32.5 Å². The van der Waals surface area contributed by atoms with Gasteiger partial charge >= 0.3 is 5.97 Å². The minimum Gasteiger partial charge on any atom is -0.459 e. The molecule has 1 saturated heterocycles. The molecule has 0 saturated carbocycles. The first kappa shape index (κ1) is 12.8. The number of nitrogens with zero attached hydrogens (tertiary/aromatic N) is 1. The third kappa shape index (κ3) is 6.05. The van der Waals surface area contributed by atoms with E-state index in [0.717, 1.165) is 18.8 Å². The van der Waals surface area contributed by atoms with E-state index in [2.05, 4.69) is 4.90 Å². The van der Waals surface area contributed by atoms with Gasteiger partial charge in [0.1, 0.15) is 5.60 Å². The Bertz CT molecular complexity index is 205. The molecule has 4 heteroatoms. The number of carbonyl (C=O) groups is 1. The smallest absolute Gasteiger partial charge is 0.320 e. The van der Waals surface area contributed by atoms with E-state index in [4.69, 9.17) is 4.74 Å². The Morgan fingerprint density at radius 2 is 2.07 bits per heavy atom. The van der Waals surface area contributed by atoms with Crippen LogP contribution in [-0.2, 0) is 9.53 Å². The molecule has 0 N–H and O–H groups in total. The van der Waals surface area contributed by atoms with Crippen molar-refractivity contribution in [3.63, 3.8) is 0 Å². The Hall–Kier alpha value is -0.220. The minimum absolute atomic E-state index is 0.102. The molecule has 0 atom stereocenters. The van der Waals surface area contributed by atoms with Gasteiger partial charge in [-0.15, -0.1) is 0 Å². The molecular formula is C11H21NO2S. The average Bonchev–Trinajstić information content (AvgIpc) is 2.28. The van der Waals surface area contributed by atoms with E-state index < -0.39 is 0 Å². The van der Waals surface area contributed by atoms with Gasteiger partial charge in [-0.1, -0.05) is 0 Å². The quantitative estimate of drug-likeness (QED) is 0.677. The molecule has 0 aromatic rings. The summed E-state index contributed by atoms with van der Waals surface area (Å²) in [7, 11) is 0. The van der Waals surface area contributed by atoms with Gasteiger partial charge in [-0.2, -0.15) is 11.8 Å². The summed E-state index contributed by atoms with van der Waals surface area (Å²) in [4.78, 5) is 13.8. The normalized spacial score (nSPS) is 19.7. The first-order chi connectivity index (χ1) is 6.97. The Labute approximate surface area is 96.5 Å². The Morgan fingerprint density at radius 1 is 1.33 bits per heavy atom. The number of hydrogen-bond donors (Lipinski definition) is 0. The zero-order valence-corrected chi connectivity index (χ0v) is 10.7. The van der Waals surface area contributed by atoms with Gasteiger partial charge in [0.2, 0.25) is 0 Å². The molecule has 1 aliphatic rings. The van der Waals surface area contributed by atoms with Gasteiger partial charge in [0.15, 0.2) is 0 Å². The van der Waals surface area contributed by atoms with Crippen LogP contribution in [0, 0.1) is 0 Å². The van der Waals surface area contributed by atoms with E-state index >= 15 is 0 Å². The van der Waals surface area contributed by atoms with Gasteiger partial charge < -0.3 is 4.74 Å². The van der Waals surface area contributed by atoms with Crippen LogP contribution in [0.15, 0.2) is 0 Å². The Balaban J connectivity index is 2.30. The lowest BCUT2D eigenvalue weighted by Gasteiger charge is -2.23. The first-order valence-corrected chi connectivity index (χ1v) is 6.65. The van der Waals surface area contributed by atoms with Crippen molar-refractivity contribution >= 4 is 17.7 Å². The summed E-state index contributed by atoms with van der Waals surface area (Å²) in [5.74, 6) is 2.24. The lowest BCUT2D eigenvalue weighted by Crippen LogP contribution is -2.36. The summed E-state index contributed by atoms with van der Waals surface area (Å²) in [5.41, 5.74) is -0.363. The maximum atomic E-state index is 11.6. The standard InChI is InChI=1S/C11H21NO2S/c1-11(2,3)14-10(13)9-12-5-4-7-15-8-6-12/h4-9H2,1-3H3. The third-order valence-corrected chi connectivity index (χ3v) is 3.14. The molecule has 0 spiro atoms. The van der Waals surface area contributed by atoms with Gasteiger partial charge in [0.05, 0.1) is 6.54 Å². The van der Waals surface area contributed by atoms with Crippen LogP contribution in [0.5, 0.6) is 0 Å². The molecule has 0 radical (unpaired) electrons. The minimum atomic E-state index is -0.363. The van der Waals surface area contributed by atoms with E-state index in [1.54, 1.807) is 0 Å². The van der Waals surface area contributed by atoms with Crippen LogP contribution in [0.4, 0.5) is 0 Å². The largest absolute Gasteiger partial charge is 0.459 e. The highest BCUT2D eigenvalue weighted by molar-refractivity contribution is 7.99. The van der Waals surface area contributed by atoms with Crippen molar-refractivity contribution in [3.05, 3.63) is 0 Å². The second-order valence-electron chi connectivity index (χ2n) is 4.83. The van der Waals surface area contributed by atoms with Crippen LogP contribution in [0.3, 0.4) is 0 Å². The number of ether oxygens (including phenoxy) is 1. The molecule has 0 aliphatic carbocycles. The van der Waals surface area contributed by atoms with Crippen molar-refractivity contribution in [2.75, 3.05) is 31.1 Å². The molecule has 1 heterocycles. The van der Waals surface area contributed by atoms with Gasteiger partial charge in [-0.05, 0) is 39.5 Å². The maximum Gasteiger partial charge on any atom is 0.320 e. The summed E-state index contributed by atoms with van der Waals surface area (Å²) >= 11 is 1.97. The van der Waals surface area contributed by atoms with Crippen LogP contribution >= 0.6 is 11.8 Å². The van der Waals surface area contributed by atoms with Crippen molar-refractivity contribution in [2.24, 2.45) is 0 Å². The SMILES string of the molecule is CC(C)(C)OC(=O)CN1CCCSCC1. The van der Waals surface area contributed by atoms with Crippen molar-refractivity contribution in [2.45, 2.75) is 32.8 Å². The van der Waals surface area contributed by atoms with Crippen LogP contribution in [-0.4, -0.2) is 47.6 Å². The predicted molar refractivity (Wildman–Crippen MR) is 64.2 cm³/mol. The first-order valence-electron chi connectivity index (χ1n) is 5.49. The molecule has 0 aromatic carbocycles. The molecule has 3 nitrogen and oxygen atoms in total. The fraction of sp³-hybridized carbons (Fsp3) is 0.909. The molecule has 0 aromatic heterocycles. The molecule has 15 heavy (non-hydrogen) atoms. The average molecular weight is 231 g/mol. The maximum absolute atomic E-state index is 11.6. The zero-order chi connectivity index (χ0) is 11.3. The van der Waals surface area contributed by atoms with E-state index in [1.165, 1.54) is 12.2 Å². The molecule has 1 rings (SSSR count). The highest BCUT2D eigenvalue weighted by Crippen LogP contribution is 2.11. The van der Waals surface area contributed by atoms with Gasteiger partial charge in [0.25, 0.3) is 0 Å². The third-order valence-electron chi connectivity index (χ3n) is 2.09. The highest BCUT2D eigenvalue weighted by atomic mass is 32.2. The molecule has 1 aliphatic heterocycles. The lowest BCUT2D eigenvalue weighted by atomic mass is 10.2. The molecular weight excluding hydrogens is 210 g/mol. The summed E-state index contributed by atoms with van der Waals surface area (Å²) in [5, 5.41) is 0. The fourth-order valence-corrected chi connectivity index (χ4v) is 2.44.